The van der Waals surface area contributed by atoms with Crippen molar-refractivity contribution >= 4 is 15.7 Å². The maximum absolute atomic E-state index is 12.0. The van der Waals surface area contributed by atoms with Crippen molar-refractivity contribution in [2.45, 2.75) is 12.2 Å². The van der Waals surface area contributed by atoms with E-state index in [0.717, 1.165) is 5.56 Å². The van der Waals surface area contributed by atoms with Gasteiger partial charge in [0.1, 0.15) is 11.9 Å². The molecule has 114 valence electrons. The highest BCUT2D eigenvalue weighted by Gasteiger charge is 2.11. The molecule has 1 heterocycles. The highest BCUT2D eigenvalue weighted by molar-refractivity contribution is 7.90. The lowest BCUT2D eigenvalue weighted by molar-refractivity contribution is 0.593. The molecule has 1 N–H and O–H groups in total. The fraction of sp³-hybridized carbons (Fsp3) is 0.250. The van der Waals surface area contributed by atoms with Gasteiger partial charge in [-0.05, 0) is 24.1 Å². The number of nitriles is 1. The molecule has 0 aliphatic rings. The van der Waals surface area contributed by atoms with Gasteiger partial charge in [-0.3, -0.25) is 0 Å². The number of aromatic nitrogens is 1. The third kappa shape index (κ3) is 4.86. The van der Waals surface area contributed by atoms with Crippen LogP contribution >= 0.6 is 0 Å². The first-order valence-electron chi connectivity index (χ1n) is 6.94. The van der Waals surface area contributed by atoms with Gasteiger partial charge < -0.3 is 5.32 Å². The SMILES string of the molecule is N#Cc1cccnc1NCCCS(=O)(=O)Cc1ccccc1. The van der Waals surface area contributed by atoms with E-state index in [0.29, 0.717) is 24.3 Å². The Kier molecular flexibility index (Phi) is 5.50. The standard InChI is InChI=1S/C16H17N3O2S/c17-12-15-8-4-9-18-16(15)19-10-5-11-22(20,21)13-14-6-2-1-3-7-14/h1-4,6-9H,5,10-11,13H2,(H,18,19). The summed E-state index contributed by atoms with van der Waals surface area (Å²) in [6, 6.07) is 14.5. The van der Waals surface area contributed by atoms with Crippen LogP contribution in [-0.2, 0) is 15.6 Å². The number of nitrogens with zero attached hydrogens (tertiary/aromatic N) is 2. The smallest absolute Gasteiger partial charge is 0.154 e. The summed E-state index contributed by atoms with van der Waals surface area (Å²) in [7, 11) is -3.13. The molecule has 1 aromatic heterocycles. The second kappa shape index (κ2) is 7.57. The quantitative estimate of drug-likeness (QED) is 0.793. The largest absolute Gasteiger partial charge is 0.369 e. The van der Waals surface area contributed by atoms with E-state index in [1.807, 2.05) is 36.4 Å². The first kappa shape index (κ1) is 16.0. The van der Waals surface area contributed by atoms with Crippen LogP contribution < -0.4 is 5.32 Å². The third-order valence-electron chi connectivity index (χ3n) is 3.08. The van der Waals surface area contributed by atoms with Crippen LogP contribution in [0.4, 0.5) is 5.82 Å². The van der Waals surface area contributed by atoms with Gasteiger partial charge in [-0.1, -0.05) is 30.3 Å². The molecule has 6 heteroatoms. The van der Waals surface area contributed by atoms with Gasteiger partial charge in [0.2, 0.25) is 0 Å². The van der Waals surface area contributed by atoms with Crippen molar-refractivity contribution in [3.8, 4) is 6.07 Å². The lowest BCUT2D eigenvalue weighted by atomic mass is 10.2. The number of nitrogens with one attached hydrogen (secondary N) is 1. The molecule has 0 saturated carbocycles. The van der Waals surface area contributed by atoms with E-state index in [9.17, 15) is 8.42 Å². The first-order chi connectivity index (χ1) is 10.6. The Labute approximate surface area is 130 Å². The summed E-state index contributed by atoms with van der Waals surface area (Å²) in [5.41, 5.74) is 1.25. The number of hydrogen-bond donors (Lipinski definition) is 1. The summed E-state index contributed by atoms with van der Waals surface area (Å²) in [6.07, 6.45) is 2.06. The number of benzene rings is 1. The van der Waals surface area contributed by atoms with Crippen molar-refractivity contribution < 1.29 is 8.42 Å². The second-order valence-corrected chi connectivity index (χ2v) is 7.05. The van der Waals surface area contributed by atoms with E-state index >= 15 is 0 Å². The minimum absolute atomic E-state index is 0.0564. The van der Waals surface area contributed by atoms with Gasteiger partial charge in [0.15, 0.2) is 9.84 Å². The van der Waals surface area contributed by atoms with Gasteiger partial charge in [-0.25, -0.2) is 13.4 Å². The Morgan fingerprint density at radius 2 is 1.91 bits per heavy atom. The van der Waals surface area contributed by atoms with Crippen molar-refractivity contribution in [2.24, 2.45) is 0 Å². The maximum Gasteiger partial charge on any atom is 0.154 e. The molecule has 5 nitrogen and oxygen atoms in total. The van der Waals surface area contributed by atoms with Crippen LogP contribution in [0.1, 0.15) is 17.5 Å². The van der Waals surface area contributed by atoms with Gasteiger partial charge in [-0.2, -0.15) is 5.26 Å². The van der Waals surface area contributed by atoms with E-state index < -0.39 is 9.84 Å². The molecule has 2 rings (SSSR count). The Hall–Kier alpha value is -2.39. The van der Waals surface area contributed by atoms with Gasteiger partial charge in [0, 0.05) is 12.7 Å². The molecular weight excluding hydrogens is 298 g/mol. The minimum atomic E-state index is -3.13. The Balaban J connectivity index is 1.82. The fourth-order valence-electron chi connectivity index (χ4n) is 2.04. The Bertz CT molecular complexity index is 752. The average Bonchev–Trinajstić information content (AvgIpc) is 2.52. The molecule has 0 bridgehead atoms. The molecule has 22 heavy (non-hydrogen) atoms. The highest BCUT2D eigenvalue weighted by Crippen LogP contribution is 2.10. The monoisotopic (exact) mass is 315 g/mol. The van der Waals surface area contributed by atoms with E-state index in [1.54, 1.807) is 18.3 Å². The van der Waals surface area contributed by atoms with Gasteiger partial charge in [0.05, 0.1) is 17.1 Å². The highest BCUT2D eigenvalue weighted by atomic mass is 32.2. The average molecular weight is 315 g/mol. The van der Waals surface area contributed by atoms with Crippen molar-refractivity contribution in [1.82, 2.24) is 4.98 Å². The summed E-state index contributed by atoms with van der Waals surface area (Å²) in [6.45, 7) is 0.458. The van der Waals surface area contributed by atoms with Crippen molar-refractivity contribution in [2.75, 3.05) is 17.6 Å². The predicted molar refractivity (Wildman–Crippen MR) is 86.0 cm³/mol. The van der Waals surface area contributed by atoms with Crippen LogP contribution in [0.3, 0.4) is 0 Å². The fourth-order valence-corrected chi connectivity index (χ4v) is 3.46. The number of pyridine rings is 1. The summed E-state index contributed by atoms with van der Waals surface area (Å²) in [4.78, 5) is 4.07. The molecule has 0 unspecified atom stereocenters. The molecule has 0 radical (unpaired) electrons. The molecular formula is C16H17N3O2S. The number of rotatable bonds is 7. The number of anilines is 1. The van der Waals surface area contributed by atoms with E-state index in [4.69, 9.17) is 5.26 Å². The lowest BCUT2D eigenvalue weighted by Crippen LogP contribution is -2.14. The van der Waals surface area contributed by atoms with Crippen LogP contribution in [-0.4, -0.2) is 25.7 Å². The van der Waals surface area contributed by atoms with Crippen LogP contribution in [0.15, 0.2) is 48.7 Å². The van der Waals surface area contributed by atoms with Crippen LogP contribution in [0, 0.1) is 11.3 Å². The van der Waals surface area contributed by atoms with Gasteiger partial charge in [0.25, 0.3) is 0 Å². The summed E-state index contributed by atoms with van der Waals surface area (Å²) in [5.74, 6) is 0.648. The molecule has 2 aromatic rings. The Morgan fingerprint density at radius 1 is 1.14 bits per heavy atom. The molecule has 0 atom stereocenters. The Morgan fingerprint density at radius 3 is 2.64 bits per heavy atom. The van der Waals surface area contributed by atoms with E-state index in [-0.39, 0.29) is 11.5 Å². The van der Waals surface area contributed by atoms with Crippen molar-refractivity contribution in [1.29, 1.82) is 5.26 Å². The van der Waals surface area contributed by atoms with Crippen LogP contribution in [0.25, 0.3) is 0 Å². The van der Waals surface area contributed by atoms with Gasteiger partial charge >= 0.3 is 0 Å². The maximum atomic E-state index is 12.0. The molecule has 0 saturated heterocycles. The molecule has 0 fully saturated rings. The van der Waals surface area contributed by atoms with Crippen LogP contribution in [0.2, 0.25) is 0 Å². The zero-order valence-electron chi connectivity index (χ0n) is 12.1. The molecule has 0 amide bonds. The zero-order valence-corrected chi connectivity index (χ0v) is 12.9. The number of sulfone groups is 1. The van der Waals surface area contributed by atoms with Crippen molar-refractivity contribution in [3.63, 3.8) is 0 Å². The topological polar surface area (TPSA) is 82.8 Å². The summed E-state index contributed by atoms with van der Waals surface area (Å²) < 4.78 is 24.1. The zero-order chi connectivity index (χ0) is 15.8. The lowest BCUT2D eigenvalue weighted by Gasteiger charge is -2.07. The molecule has 0 spiro atoms. The summed E-state index contributed by atoms with van der Waals surface area (Å²) in [5, 5.41) is 11.9. The third-order valence-corrected chi connectivity index (χ3v) is 4.77. The van der Waals surface area contributed by atoms with E-state index in [1.165, 1.54) is 0 Å². The molecule has 0 aliphatic carbocycles. The number of hydrogen-bond acceptors (Lipinski definition) is 5. The van der Waals surface area contributed by atoms with Crippen LogP contribution in [0.5, 0.6) is 0 Å². The second-order valence-electron chi connectivity index (χ2n) is 4.87. The normalized spacial score (nSPS) is 10.9. The first-order valence-corrected chi connectivity index (χ1v) is 8.76. The van der Waals surface area contributed by atoms with E-state index in [2.05, 4.69) is 10.3 Å². The minimum Gasteiger partial charge on any atom is -0.369 e. The molecule has 0 aliphatic heterocycles. The summed E-state index contributed by atoms with van der Waals surface area (Å²) >= 11 is 0. The predicted octanol–water partition coefficient (Wildman–Crippen LogP) is 2.37. The van der Waals surface area contributed by atoms with Gasteiger partial charge in [-0.15, -0.1) is 0 Å². The molecule has 1 aromatic carbocycles. The van der Waals surface area contributed by atoms with Crippen molar-refractivity contribution in [3.05, 3.63) is 59.8 Å².